The molecule has 6 nitrogen and oxygen atoms in total. The van der Waals surface area contributed by atoms with E-state index in [9.17, 15) is 13.2 Å². The van der Waals surface area contributed by atoms with Gasteiger partial charge in [-0.3, -0.25) is 4.90 Å². The van der Waals surface area contributed by atoms with Gasteiger partial charge in [0.25, 0.3) is 0 Å². The number of benzene rings is 1. The lowest BCUT2D eigenvalue weighted by Gasteiger charge is -2.35. The first-order valence-corrected chi connectivity index (χ1v) is 9.33. The molecule has 10 heteroatoms. The Hall–Kier alpha value is -2.46. The van der Waals surface area contributed by atoms with Crippen molar-refractivity contribution < 1.29 is 13.2 Å². The molecule has 0 N–H and O–H groups in total. The van der Waals surface area contributed by atoms with E-state index in [0.29, 0.717) is 44.4 Å². The fourth-order valence-corrected chi connectivity index (χ4v) is 3.66. The number of tetrazole rings is 1. The molecule has 0 radical (unpaired) electrons. The van der Waals surface area contributed by atoms with Gasteiger partial charge in [0.05, 0.1) is 10.4 Å². The Balaban J connectivity index is 1.36. The fraction of sp³-hybridized carbons (Fsp3) is 0.353. The molecule has 142 valence electrons. The number of anilines is 1. The van der Waals surface area contributed by atoms with E-state index in [2.05, 4.69) is 20.3 Å². The van der Waals surface area contributed by atoms with Crippen molar-refractivity contribution in [2.45, 2.75) is 12.8 Å². The molecule has 1 aliphatic rings. The van der Waals surface area contributed by atoms with E-state index < -0.39 is 11.7 Å². The molecule has 4 rings (SSSR count). The Bertz CT molecular complexity index is 884. The quantitative estimate of drug-likeness (QED) is 0.680. The summed E-state index contributed by atoms with van der Waals surface area (Å²) in [6.07, 6.45) is -4.32. The van der Waals surface area contributed by atoms with E-state index >= 15 is 0 Å². The molecule has 1 aromatic carbocycles. The standard InChI is InChI=1S/C17H17F3N6S/c18-17(19,20)13-3-1-4-14(11-13)25-8-6-24(7-9-25)12-26-22-16(21-23-26)15-5-2-10-27-15/h1-5,10-11H,6-9,12H2. The molecule has 0 bridgehead atoms. The van der Waals surface area contributed by atoms with Crippen LogP contribution in [0.25, 0.3) is 10.7 Å². The molecule has 3 heterocycles. The first-order valence-electron chi connectivity index (χ1n) is 8.45. The number of halogens is 3. The second-order valence-electron chi connectivity index (χ2n) is 6.26. The zero-order valence-electron chi connectivity index (χ0n) is 14.3. The zero-order chi connectivity index (χ0) is 18.9. The van der Waals surface area contributed by atoms with Gasteiger partial charge in [-0.1, -0.05) is 12.1 Å². The summed E-state index contributed by atoms with van der Waals surface area (Å²) in [7, 11) is 0. The van der Waals surface area contributed by atoms with Crippen LogP contribution < -0.4 is 4.90 Å². The molecule has 0 spiro atoms. The molecular weight excluding hydrogens is 377 g/mol. The number of alkyl halides is 3. The second-order valence-corrected chi connectivity index (χ2v) is 7.20. The monoisotopic (exact) mass is 394 g/mol. The number of hydrogen-bond acceptors (Lipinski definition) is 6. The lowest BCUT2D eigenvalue weighted by molar-refractivity contribution is -0.137. The van der Waals surface area contributed by atoms with Gasteiger partial charge < -0.3 is 4.90 Å². The molecule has 0 amide bonds. The highest BCUT2D eigenvalue weighted by atomic mass is 32.1. The van der Waals surface area contributed by atoms with Crippen molar-refractivity contribution in [2.75, 3.05) is 31.1 Å². The highest BCUT2D eigenvalue weighted by Crippen LogP contribution is 2.31. The first kappa shape index (κ1) is 17.9. The number of thiophene rings is 1. The van der Waals surface area contributed by atoms with Crippen LogP contribution in [0.1, 0.15) is 5.56 Å². The molecule has 0 atom stereocenters. The molecule has 2 aromatic heterocycles. The molecule has 1 saturated heterocycles. The van der Waals surface area contributed by atoms with Crippen LogP contribution >= 0.6 is 11.3 Å². The van der Waals surface area contributed by atoms with Gasteiger partial charge in [-0.25, -0.2) is 0 Å². The average molecular weight is 394 g/mol. The average Bonchev–Trinajstić information content (AvgIpc) is 3.33. The Morgan fingerprint density at radius 3 is 2.56 bits per heavy atom. The Labute approximate surface area is 157 Å². The lowest BCUT2D eigenvalue weighted by Crippen LogP contribution is -2.47. The fourth-order valence-electron chi connectivity index (χ4n) is 3.01. The van der Waals surface area contributed by atoms with Crippen molar-refractivity contribution in [3.8, 4) is 10.7 Å². The minimum absolute atomic E-state index is 0.509. The SMILES string of the molecule is FC(F)(F)c1cccc(N2CCN(Cn3nnc(-c4cccs4)n3)CC2)c1. The van der Waals surface area contributed by atoms with Crippen LogP contribution in [0, 0.1) is 0 Å². The molecule has 1 aliphatic heterocycles. The summed E-state index contributed by atoms with van der Waals surface area (Å²) < 4.78 is 38.7. The summed E-state index contributed by atoms with van der Waals surface area (Å²) in [6.45, 7) is 3.23. The third-order valence-electron chi connectivity index (χ3n) is 4.43. The molecule has 1 fully saturated rings. The van der Waals surface area contributed by atoms with Gasteiger partial charge in [0.1, 0.15) is 6.67 Å². The van der Waals surface area contributed by atoms with Gasteiger partial charge >= 0.3 is 6.18 Å². The normalized spacial score (nSPS) is 16.0. The second kappa shape index (κ2) is 7.28. The third-order valence-corrected chi connectivity index (χ3v) is 5.30. The van der Waals surface area contributed by atoms with Crippen LogP contribution in [0.15, 0.2) is 41.8 Å². The molecule has 0 aliphatic carbocycles. The lowest BCUT2D eigenvalue weighted by atomic mass is 10.1. The number of piperazine rings is 1. The minimum atomic E-state index is -4.32. The van der Waals surface area contributed by atoms with Crippen molar-refractivity contribution >= 4 is 17.0 Å². The van der Waals surface area contributed by atoms with Crippen molar-refractivity contribution in [3.05, 3.63) is 47.3 Å². The summed E-state index contributed by atoms with van der Waals surface area (Å²) in [5.74, 6) is 0.604. The predicted molar refractivity (Wildman–Crippen MR) is 96.4 cm³/mol. The van der Waals surface area contributed by atoms with Gasteiger partial charge in [0.2, 0.25) is 5.82 Å². The van der Waals surface area contributed by atoms with E-state index in [-0.39, 0.29) is 0 Å². The number of rotatable bonds is 4. The van der Waals surface area contributed by atoms with E-state index in [1.807, 2.05) is 22.4 Å². The third kappa shape index (κ3) is 4.11. The number of aromatic nitrogens is 4. The van der Waals surface area contributed by atoms with Crippen LogP contribution in [0.2, 0.25) is 0 Å². The molecule has 3 aromatic rings. The maximum atomic E-state index is 12.9. The maximum absolute atomic E-state index is 12.9. The van der Waals surface area contributed by atoms with Crippen LogP contribution in [0.4, 0.5) is 18.9 Å². The van der Waals surface area contributed by atoms with Gasteiger partial charge in [-0.2, -0.15) is 13.2 Å². The Morgan fingerprint density at radius 2 is 1.85 bits per heavy atom. The number of nitrogens with zero attached hydrogens (tertiary/aromatic N) is 6. The van der Waals surface area contributed by atoms with Crippen molar-refractivity contribution in [2.24, 2.45) is 0 Å². The van der Waals surface area contributed by atoms with Crippen molar-refractivity contribution in [1.29, 1.82) is 0 Å². The molecular formula is C17H17F3N6S. The molecule has 0 unspecified atom stereocenters. The van der Waals surface area contributed by atoms with Gasteiger partial charge in [-0.05, 0) is 34.9 Å². The van der Waals surface area contributed by atoms with Crippen molar-refractivity contribution in [3.63, 3.8) is 0 Å². The number of hydrogen-bond donors (Lipinski definition) is 0. The van der Waals surface area contributed by atoms with E-state index in [1.54, 1.807) is 22.2 Å². The summed E-state index contributed by atoms with van der Waals surface area (Å²) in [5, 5.41) is 14.5. The topological polar surface area (TPSA) is 50.1 Å². The zero-order valence-corrected chi connectivity index (χ0v) is 15.1. The highest BCUT2D eigenvalue weighted by molar-refractivity contribution is 7.13. The van der Waals surface area contributed by atoms with Crippen LogP contribution in [0.3, 0.4) is 0 Å². The van der Waals surface area contributed by atoms with Gasteiger partial charge in [-0.15, -0.1) is 26.3 Å². The minimum Gasteiger partial charge on any atom is -0.369 e. The summed E-state index contributed by atoms with van der Waals surface area (Å²) in [6, 6.07) is 9.37. The smallest absolute Gasteiger partial charge is 0.369 e. The Kier molecular flexibility index (Phi) is 4.83. The van der Waals surface area contributed by atoms with Crippen LogP contribution in [0.5, 0.6) is 0 Å². The summed E-state index contributed by atoms with van der Waals surface area (Å²) in [5.41, 5.74) is -0.0151. The van der Waals surface area contributed by atoms with E-state index in [4.69, 9.17) is 0 Å². The predicted octanol–water partition coefficient (Wildman–Crippen LogP) is 3.20. The van der Waals surface area contributed by atoms with E-state index in [0.717, 1.165) is 10.9 Å². The highest BCUT2D eigenvalue weighted by Gasteiger charge is 2.31. The van der Waals surface area contributed by atoms with Gasteiger partial charge in [0, 0.05) is 31.9 Å². The largest absolute Gasteiger partial charge is 0.416 e. The van der Waals surface area contributed by atoms with Gasteiger partial charge in [0.15, 0.2) is 0 Å². The molecule has 0 saturated carbocycles. The van der Waals surface area contributed by atoms with Crippen molar-refractivity contribution in [1.82, 2.24) is 25.1 Å². The van der Waals surface area contributed by atoms with E-state index in [1.165, 1.54) is 12.1 Å². The van der Waals surface area contributed by atoms with Crippen LogP contribution in [-0.4, -0.2) is 51.3 Å². The first-order chi connectivity index (χ1) is 13.0. The van der Waals surface area contributed by atoms with Crippen LogP contribution in [-0.2, 0) is 12.8 Å². The maximum Gasteiger partial charge on any atom is 0.416 e. The molecule has 27 heavy (non-hydrogen) atoms. The Morgan fingerprint density at radius 1 is 1.04 bits per heavy atom. The summed E-state index contributed by atoms with van der Waals surface area (Å²) >= 11 is 1.56. The summed E-state index contributed by atoms with van der Waals surface area (Å²) in [4.78, 5) is 6.65.